The number of hydrazone groups is 1. The third kappa shape index (κ3) is 3.91. The van der Waals surface area contributed by atoms with Crippen LogP contribution in [0, 0.1) is 6.92 Å². The van der Waals surface area contributed by atoms with E-state index in [1.807, 2.05) is 6.07 Å². The van der Waals surface area contributed by atoms with Gasteiger partial charge < -0.3 is 0 Å². The Morgan fingerprint density at radius 2 is 1.88 bits per heavy atom. The second kappa shape index (κ2) is 6.72. The number of fused-ring (bicyclic) bond motifs is 1. The number of benzene rings is 2. The molecule has 2 aromatic carbocycles. The van der Waals surface area contributed by atoms with Crippen molar-refractivity contribution < 1.29 is 13.2 Å². The average molecular weight is 364 g/mol. The highest BCUT2D eigenvalue weighted by atomic mass is 35.5. The molecule has 0 amide bonds. The van der Waals surface area contributed by atoms with Crippen LogP contribution in [0.25, 0.3) is 10.9 Å². The van der Waals surface area contributed by atoms with Crippen LogP contribution < -0.4 is 5.43 Å². The van der Waals surface area contributed by atoms with Crippen molar-refractivity contribution >= 4 is 34.4 Å². The number of hydrogen-bond acceptors (Lipinski definition) is 3. The van der Waals surface area contributed by atoms with Crippen LogP contribution in [0.15, 0.2) is 53.6 Å². The summed E-state index contributed by atoms with van der Waals surface area (Å²) in [7, 11) is 0. The van der Waals surface area contributed by atoms with Crippen LogP contribution in [0.5, 0.6) is 0 Å². The van der Waals surface area contributed by atoms with E-state index in [1.54, 1.807) is 31.2 Å². The molecule has 0 radical (unpaired) electrons. The molecule has 0 aliphatic rings. The topological polar surface area (TPSA) is 37.3 Å². The number of alkyl halides is 3. The van der Waals surface area contributed by atoms with E-state index in [2.05, 4.69) is 15.5 Å². The van der Waals surface area contributed by atoms with E-state index in [4.69, 9.17) is 11.6 Å². The van der Waals surface area contributed by atoms with Gasteiger partial charge in [0.05, 0.1) is 23.0 Å². The Morgan fingerprint density at radius 3 is 2.60 bits per heavy atom. The Balaban J connectivity index is 1.98. The van der Waals surface area contributed by atoms with E-state index in [1.165, 1.54) is 12.3 Å². The van der Waals surface area contributed by atoms with Gasteiger partial charge in [-0.15, -0.1) is 0 Å². The number of anilines is 1. The number of nitrogens with zero attached hydrogens (tertiary/aromatic N) is 2. The van der Waals surface area contributed by atoms with E-state index >= 15 is 0 Å². The van der Waals surface area contributed by atoms with Gasteiger partial charge in [-0.1, -0.05) is 29.8 Å². The number of pyridine rings is 1. The van der Waals surface area contributed by atoms with E-state index in [0.717, 1.165) is 12.1 Å². The maximum atomic E-state index is 13.0. The summed E-state index contributed by atoms with van der Waals surface area (Å²) in [6, 6.07) is 12.2. The Bertz CT molecular complexity index is 952. The van der Waals surface area contributed by atoms with Crippen LogP contribution in [0.4, 0.5) is 18.9 Å². The molecule has 0 atom stereocenters. The number of hydrogen-bond donors (Lipinski definition) is 1. The second-order valence-corrected chi connectivity index (χ2v) is 5.84. The van der Waals surface area contributed by atoms with Gasteiger partial charge in [-0.2, -0.15) is 18.3 Å². The highest BCUT2D eigenvalue weighted by Gasteiger charge is 2.30. The van der Waals surface area contributed by atoms with Crippen molar-refractivity contribution in [1.82, 2.24) is 4.98 Å². The van der Waals surface area contributed by atoms with Crippen molar-refractivity contribution in [3.8, 4) is 0 Å². The average Bonchev–Trinajstić information content (AvgIpc) is 2.55. The van der Waals surface area contributed by atoms with Crippen LogP contribution in [0.1, 0.15) is 16.8 Å². The van der Waals surface area contributed by atoms with Crippen molar-refractivity contribution in [3.63, 3.8) is 0 Å². The lowest BCUT2D eigenvalue weighted by molar-refractivity contribution is -0.137. The Morgan fingerprint density at radius 1 is 1.12 bits per heavy atom. The molecule has 3 nitrogen and oxygen atoms in total. The summed E-state index contributed by atoms with van der Waals surface area (Å²) in [5.41, 5.74) is 4.32. The third-order valence-corrected chi connectivity index (χ3v) is 3.90. The predicted octanol–water partition coefficient (Wildman–Crippen LogP) is 5.66. The van der Waals surface area contributed by atoms with Crippen molar-refractivity contribution in [3.05, 3.63) is 70.4 Å². The van der Waals surface area contributed by atoms with Crippen LogP contribution in [-0.2, 0) is 6.18 Å². The molecule has 0 saturated carbocycles. The Hall–Kier alpha value is -2.60. The predicted molar refractivity (Wildman–Crippen MR) is 94.2 cm³/mol. The standard InChI is InChI=1S/C18H13ClF3N3/c1-11-8-17(25-23-10-12-4-2-3-5-15(12)19)14-9-13(18(20,21)22)6-7-16(14)24-11/h2-10H,1H3,(H,24,25)/b23-10+. The summed E-state index contributed by atoms with van der Waals surface area (Å²) >= 11 is 6.04. The van der Waals surface area contributed by atoms with Crippen molar-refractivity contribution in [2.24, 2.45) is 5.10 Å². The third-order valence-electron chi connectivity index (χ3n) is 3.56. The molecule has 0 fully saturated rings. The zero-order chi connectivity index (χ0) is 18.0. The first-order chi connectivity index (χ1) is 11.8. The maximum Gasteiger partial charge on any atom is 0.416 e. The summed E-state index contributed by atoms with van der Waals surface area (Å²) in [6.45, 7) is 1.76. The van der Waals surface area contributed by atoms with Gasteiger partial charge in [0.15, 0.2) is 0 Å². The minimum atomic E-state index is -4.42. The van der Waals surface area contributed by atoms with E-state index in [0.29, 0.717) is 32.9 Å². The van der Waals surface area contributed by atoms with E-state index in [9.17, 15) is 13.2 Å². The van der Waals surface area contributed by atoms with Crippen LogP contribution in [-0.4, -0.2) is 11.2 Å². The van der Waals surface area contributed by atoms with Crippen molar-refractivity contribution in [2.75, 3.05) is 5.43 Å². The van der Waals surface area contributed by atoms with Gasteiger partial charge in [0, 0.05) is 21.7 Å². The summed E-state index contributed by atoms with van der Waals surface area (Å²) < 4.78 is 38.9. The molecule has 0 saturated heterocycles. The SMILES string of the molecule is Cc1cc(N/N=C/c2ccccc2Cl)c2cc(C(F)(F)F)ccc2n1. The lowest BCUT2D eigenvalue weighted by Crippen LogP contribution is -2.05. The molecule has 0 aliphatic heterocycles. The van der Waals surface area contributed by atoms with Crippen molar-refractivity contribution in [1.29, 1.82) is 0 Å². The van der Waals surface area contributed by atoms with Gasteiger partial charge in [-0.25, -0.2) is 0 Å². The fraction of sp³-hybridized carbons (Fsp3) is 0.111. The number of halogens is 4. The fourth-order valence-electron chi connectivity index (χ4n) is 2.38. The molecule has 1 heterocycles. The van der Waals surface area contributed by atoms with Crippen LogP contribution in [0.3, 0.4) is 0 Å². The lowest BCUT2D eigenvalue weighted by atomic mass is 10.1. The number of nitrogens with one attached hydrogen (secondary N) is 1. The molecule has 128 valence electrons. The summed E-state index contributed by atoms with van der Waals surface area (Å²) in [4.78, 5) is 4.26. The molecule has 25 heavy (non-hydrogen) atoms. The highest BCUT2D eigenvalue weighted by Crippen LogP contribution is 2.33. The fourth-order valence-corrected chi connectivity index (χ4v) is 2.56. The Labute approximate surface area is 147 Å². The number of rotatable bonds is 3. The molecular weight excluding hydrogens is 351 g/mol. The molecule has 1 N–H and O–H groups in total. The van der Waals surface area contributed by atoms with Gasteiger partial charge in [-0.3, -0.25) is 10.4 Å². The minimum Gasteiger partial charge on any atom is -0.278 e. The van der Waals surface area contributed by atoms with Gasteiger partial charge in [-0.05, 0) is 37.3 Å². The molecule has 0 unspecified atom stereocenters. The maximum absolute atomic E-state index is 13.0. The largest absolute Gasteiger partial charge is 0.416 e. The zero-order valence-corrected chi connectivity index (χ0v) is 13.9. The molecule has 1 aromatic heterocycles. The number of aromatic nitrogens is 1. The summed E-state index contributed by atoms with van der Waals surface area (Å²) in [5.74, 6) is 0. The quantitative estimate of drug-likeness (QED) is 0.481. The minimum absolute atomic E-state index is 0.344. The van der Waals surface area contributed by atoms with Crippen molar-refractivity contribution in [2.45, 2.75) is 13.1 Å². The molecule has 7 heteroatoms. The van der Waals surface area contributed by atoms with Crippen LogP contribution in [0.2, 0.25) is 5.02 Å². The normalized spacial score (nSPS) is 12.0. The molecule has 0 bridgehead atoms. The molecule has 0 aliphatic carbocycles. The smallest absolute Gasteiger partial charge is 0.278 e. The zero-order valence-electron chi connectivity index (χ0n) is 13.1. The van der Waals surface area contributed by atoms with Crippen LogP contribution >= 0.6 is 11.6 Å². The first-order valence-corrected chi connectivity index (χ1v) is 7.74. The first-order valence-electron chi connectivity index (χ1n) is 7.37. The lowest BCUT2D eigenvalue weighted by Gasteiger charge is -2.11. The molecule has 3 rings (SSSR count). The van der Waals surface area contributed by atoms with Gasteiger partial charge in [0.1, 0.15) is 0 Å². The molecular formula is C18H13ClF3N3. The monoisotopic (exact) mass is 363 g/mol. The second-order valence-electron chi connectivity index (χ2n) is 5.43. The van der Waals surface area contributed by atoms with E-state index < -0.39 is 11.7 Å². The van der Waals surface area contributed by atoms with Gasteiger partial charge in [0.2, 0.25) is 0 Å². The Kier molecular flexibility index (Phi) is 4.63. The number of aryl methyl sites for hydroxylation is 1. The highest BCUT2D eigenvalue weighted by molar-refractivity contribution is 6.33. The van der Waals surface area contributed by atoms with Gasteiger partial charge >= 0.3 is 6.18 Å². The van der Waals surface area contributed by atoms with Gasteiger partial charge in [0.25, 0.3) is 0 Å². The summed E-state index contributed by atoms with van der Waals surface area (Å²) in [5, 5.41) is 4.96. The molecule has 0 spiro atoms. The first kappa shape index (κ1) is 17.2. The molecule has 3 aromatic rings. The summed E-state index contributed by atoms with van der Waals surface area (Å²) in [6.07, 6.45) is -2.91. The van der Waals surface area contributed by atoms with E-state index in [-0.39, 0.29) is 0 Å².